The topological polar surface area (TPSA) is 63.2 Å². The van der Waals surface area contributed by atoms with Gasteiger partial charge in [0.2, 0.25) is 5.90 Å². The van der Waals surface area contributed by atoms with Crippen molar-refractivity contribution >= 4 is 11.9 Å². The standard InChI is InChI=1S/C16H24N4O/c1-5-21-14(12-9-7-6-8-10-12)19-13-11-18-15(17)20(13)16(2,3)4/h6-10,13H,5,11H2,1-4H3,(H2,17,18). The summed E-state index contributed by atoms with van der Waals surface area (Å²) in [6.45, 7) is 9.41. The molecule has 1 heterocycles. The van der Waals surface area contributed by atoms with Crippen LogP contribution in [0.2, 0.25) is 0 Å². The molecule has 0 bridgehead atoms. The molecule has 0 saturated carbocycles. The van der Waals surface area contributed by atoms with E-state index >= 15 is 0 Å². The van der Waals surface area contributed by atoms with Gasteiger partial charge in [0.05, 0.1) is 13.2 Å². The van der Waals surface area contributed by atoms with Crippen LogP contribution in [-0.4, -0.2) is 41.6 Å². The first-order valence-corrected chi connectivity index (χ1v) is 7.28. The van der Waals surface area contributed by atoms with Gasteiger partial charge in [0.25, 0.3) is 0 Å². The molecule has 0 spiro atoms. The molecular weight excluding hydrogens is 264 g/mol. The highest BCUT2D eigenvalue weighted by Gasteiger charge is 2.34. The Hall–Kier alpha value is -2.04. The van der Waals surface area contributed by atoms with Crippen LogP contribution in [0.1, 0.15) is 33.3 Å². The molecule has 5 nitrogen and oxygen atoms in total. The third kappa shape index (κ3) is 3.54. The maximum atomic E-state index is 6.01. The number of ether oxygens (including phenoxy) is 1. The van der Waals surface area contributed by atoms with E-state index in [1.54, 1.807) is 0 Å². The van der Waals surface area contributed by atoms with E-state index in [9.17, 15) is 0 Å². The van der Waals surface area contributed by atoms with E-state index in [0.717, 1.165) is 5.56 Å². The molecule has 0 aromatic heterocycles. The SMILES string of the molecule is CCOC(=NC1CN=C(N)N1C(C)(C)C)c1ccccc1. The summed E-state index contributed by atoms with van der Waals surface area (Å²) in [6, 6.07) is 9.92. The fourth-order valence-corrected chi connectivity index (χ4v) is 2.42. The zero-order valence-corrected chi connectivity index (χ0v) is 13.2. The average molecular weight is 288 g/mol. The lowest BCUT2D eigenvalue weighted by Crippen LogP contribution is -2.51. The van der Waals surface area contributed by atoms with Crippen LogP contribution < -0.4 is 5.73 Å². The van der Waals surface area contributed by atoms with Crippen molar-refractivity contribution in [2.75, 3.05) is 13.2 Å². The smallest absolute Gasteiger partial charge is 0.218 e. The fraction of sp³-hybridized carbons (Fsp3) is 0.500. The Bertz CT molecular complexity index is 531. The molecule has 2 N–H and O–H groups in total. The van der Waals surface area contributed by atoms with Crippen LogP contribution in [0, 0.1) is 0 Å². The van der Waals surface area contributed by atoms with E-state index in [1.807, 2.05) is 42.2 Å². The highest BCUT2D eigenvalue weighted by molar-refractivity contribution is 5.94. The Morgan fingerprint density at radius 2 is 2.05 bits per heavy atom. The van der Waals surface area contributed by atoms with Gasteiger partial charge in [-0.05, 0) is 39.8 Å². The maximum absolute atomic E-state index is 6.01. The number of nitrogens with two attached hydrogens (primary N) is 1. The summed E-state index contributed by atoms with van der Waals surface area (Å²) in [5.74, 6) is 1.18. The normalized spacial score (nSPS) is 19.6. The lowest BCUT2D eigenvalue weighted by atomic mass is 10.1. The molecule has 0 radical (unpaired) electrons. The van der Waals surface area contributed by atoms with Gasteiger partial charge in [0.1, 0.15) is 6.17 Å². The molecule has 0 fully saturated rings. The van der Waals surface area contributed by atoms with E-state index in [0.29, 0.717) is 25.0 Å². The molecule has 1 atom stereocenters. The van der Waals surface area contributed by atoms with Gasteiger partial charge in [0.15, 0.2) is 5.96 Å². The van der Waals surface area contributed by atoms with Gasteiger partial charge in [-0.15, -0.1) is 0 Å². The predicted octanol–water partition coefficient (Wildman–Crippen LogP) is 2.22. The van der Waals surface area contributed by atoms with Crippen molar-refractivity contribution in [2.45, 2.75) is 39.4 Å². The van der Waals surface area contributed by atoms with Gasteiger partial charge in [-0.3, -0.25) is 0 Å². The molecule has 1 aliphatic rings. The Labute approximate surface area is 126 Å². The quantitative estimate of drug-likeness (QED) is 0.685. The molecule has 5 heteroatoms. The van der Waals surface area contributed by atoms with Crippen molar-refractivity contribution in [2.24, 2.45) is 15.7 Å². The molecule has 0 saturated heterocycles. The summed E-state index contributed by atoms with van der Waals surface area (Å²) < 4.78 is 5.72. The second kappa shape index (κ2) is 6.16. The van der Waals surface area contributed by atoms with Gasteiger partial charge < -0.3 is 15.4 Å². The number of nitrogens with zero attached hydrogens (tertiary/aromatic N) is 3. The van der Waals surface area contributed by atoms with Crippen LogP contribution in [0.5, 0.6) is 0 Å². The van der Waals surface area contributed by atoms with E-state index in [4.69, 9.17) is 15.5 Å². The summed E-state index contributed by atoms with van der Waals surface area (Å²) in [4.78, 5) is 11.1. The van der Waals surface area contributed by atoms with Crippen molar-refractivity contribution in [3.05, 3.63) is 35.9 Å². The van der Waals surface area contributed by atoms with Gasteiger partial charge in [-0.25, -0.2) is 9.98 Å². The van der Waals surface area contributed by atoms with Crippen molar-refractivity contribution in [3.63, 3.8) is 0 Å². The fourth-order valence-electron chi connectivity index (χ4n) is 2.42. The first kappa shape index (κ1) is 15.4. The van der Waals surface area contributed by atoms with Crippen molar-refractivity contribution in [3.8, 4) is 0 Å². The van der Waals surface area contributed by atoms with Crippen LogP contribution in [-0.2, 0) is 4.74 Å². The molecule has 0 amide bonds. The number of rotatable bonds is 3. The third-order valence-corrected chi connectivity index (χ3v) is 3.25. The van der Waals surface area contributed by atoms with Gasteiger partial charge in [-0.1, -0.05) is 18.2 Å². The highest BCUT2D eigenvalue weighted by Crippen LogP contribution is 2.22. The average Bonchev–Trinajstić information content (AvgIpc) is 2.80. The summed E-state index contributed by atoms with van der Waals surface area (Å²) in [5, 5.41) is 0. The van der Waals surface area contributed by atoms with Crippen molar-refractivity contribution in [1.29, 1.82) is 0 Å². The van der Waals surface area contributed by atoms with Crippen LogP contribution in [0.25, 0.3) is 0 Å². The monoisotopic (exact) mass is 288 g/mol. The first-order valence-electron chi connectivity index (χ1n) is 7.28. The summed E-state index contributed by atoms with van der Waals surface area (Å²) in [6.07, 6.45) is -0.119. The molecule has 1 aliphatic heterocycles. The Balaban J connectivity index is 2.31. The third-order valence-electron chi connectivity index (χ3n) is 3.25. The zero-order chi connectivity index (χ0) is 15.5. The first-order chi connectivity index (χ1) is 9.93. The summed E-state index contributed by atoms with van der Waals surface area (Å²) in [5.41, 5.74) is 6.85. The molecule has 1 unspecified atom stereocenters. The minimum absolute atomic E-state index is 0.119. The maximum Gasteiger partial charge on any atom is 0.218 e. The Morgan fingerprint density at radius 1 is 1.38 bits per heavy atom. The Morgan fingerprint density at radius 3 is 2.62 bits per heavy atom. The van der Waals surface area contributed by atoms with Crippen molar-refractivity contribution in [1.82, 2.24) is 4.90 Å². The molecule has 21 heavy (non-hydrogen) atoms. The summed E-state index contributed by atoms with van der Waals surface area (Å²) in [7, 11) is 0. The van der Waals surface area contributed by atoms with Crippen LogP contribution in [0.15, 0.2) is 40.3 Å². The minimum Gasteiger partial charge on any atom is -0.478 e. The van der Waals surface area contributed by atoms with Crippen LogP contribution in [0.3, 0.4) is 0 Å². The second-order valence-corrected chi connectivity index (χ2v) is 5.95. The minimum atomic E-state index is -0.133. The Kier molecular flexibility index (Phi) is 4.50. The largest absolute Gasteiger partial charge is 0.478 e. The van der Waals surface area contributed by atoms with E-state index in [1.165, 1.54) is 0 Å². The lowest BCUT2D eigenvalue weighted by Gasteiger charge is -2.36. The zero-order valence-electron chi connectivity index (χ0n) is 13.2. The van der Waals surface area contributed by atoms with Crippen LogP contribution in [0.4, 0.5) is 0 Å². The van der Waals surface area contributed by atoms with Gasteiger partial charge in [0, 0.05) is 11.1 Å². The van der Waals surface area contributed by atoms with Gasteiger partial charge in [-0.2, -0.15) is 0 Å². The number of hydrogen-bond acceptors (Lipinski definition) is 5. The molecular formula is C16H24N4O. The molecule has 1 aromatic carbocycles. The van der Waals surface area contributed by atoms with E-state index in [-0.39, 0.29) is 11.7 Å². The lowest BCUT2D eigenvalue weighted by molar-refractivity contribution is 0.194. The number of guanidine groups is 1. The predicted molar refractivity (Wildman–Crippen MR) is 86.5 cm³/mol. The number of hydrogen-bond donors (Lipinski definition) is 1. The molecule has 0 aliphatic carbocycles. The second-order valence-electron chi connectivity index (χ2n) is 5.95. The number of aliphatic imine (C=N–C) groups is 2. The number of benzene rings is 1. The summed E-state index contributed by atoms with van der Waals surface area (Å²) >= 11 is 0. The van der Waals surface area contributed by atoms with Gasteiger partial charge >= 0.3 is 0 Å². The molecule has 114 valence electrons. The van der Waals surface area contributed by atoms with E-state index in [2.05, 4.69) is 25.8 Å². The molecule has 1 aromatic rings. The molecule has 2 rings (SSSR count). The highest BCUT2D eigenvalue weighted by atomic mass is 16.5. The van der Waals surface area contributed by atoms with Crippen LogP contribution >= 0.6 is 0 Å². The van der Waals surface area contributed by atoms with Crippen molar-refractivity contribution < 1.29 is 4.74 Å². The van der Waals surface area contributed by atoms with E-state index < -0.39 is 0 Å².